The standard InChI is InChI=1S/C11H19N3OS/c1-9-8-10(2)14(13-9)6-3-5-12-11(15)4-7-16/h8,16H,3-7H2,1-2H3,(H,12,15). The van der Waals surface area contributed by atoms with E-state index in [0.717, 1.165) is 18.7 Å². The molecule has 0 fully saturated rings. The molecule has 90 valence electrons. The molecule has 1 N–H and O–H groups in total. The lowest BCUT2D eigenvalue weighted by Gasteiger charge is -2.05. The minimum atomic E-state index is 0.0726. The zero-order valence-corrected chi connectivity index (χ0v) is 10.8. The van der Waals surface area contributed by atoms with Gasteiger partial charge in [-0.25, -0.2) is 0 Å². The quantitative estimate of drug-likeness (QED) is 0.583. The molecule has 0 aliphatic carbocycles. The van der Waals surface area contributed by atoms with Gasteiger partial charge in [-0.3, -0.25) is 9.48 Å². The Kier molecular flexibility index (Phi) is 5.38. The molecule has 0 atom stereocenters. The minimum absolute atomic E-state index is 0.0726. The second-order valence-electron chi connectivity index (χ2n) is 3.83. The predicted molar refractivity (Wildman–Crippen MR) is 67.8 cm³/mol. The summed E-state index contributed by atoms with van der Waals surface area (Å²) in [6, 6.07) is 2.06. The van der Waals surface area contributed by atoms with Crippen LogP contribution in [0.1, 0.15) is 24.2 Å². The predicted octanol–water partition coefficient (Wildman–Crippen LogP) is 1.33. The minimum Gasteiger partial charge on any atom is -0.356 e. The number of nitrogens with zero attached hydrogens (tertiary/aromatic N) is 2. The van der Waals surface area contributed by atoms with Crippen LogP contribution < -0.4 is 5.32 Å². The molecule has 1 aromatic heterocycles. The third kappa shape index (κ3) is 4.26. The summed E-state index contributed by atoms with van der Waals surface area (Å²) in [5, 5.41) is 7.21. The monoisotopic (exact) mass is 241 g/mol. The molecular weight excluding hydrogens is 222 g/mol. The van der Waals surface area contributed by atoms with Crippen LogP contribution in [0.15, 0.2) is 6.07 Å². The van der Waals surface area contributed by atoms with Crippen LogP contribution in [-0.4, -0.2) is 28.0 Å². The van der Waals surface area contributed by atoms with Crippen molar-refractivity contribution in [1.82, 2.24) is 15.1 Å². The first-order valence-corrected chi connectivity index (χ1v) is 6.15. The van der Waals surface area contributed by atoms with Gasteiger partial charge in [0.25, 0.3) is 0 Å². The van der Waals surface area contributed by atoms with Crippen LogP contribution in [0.2, 0.25) is 0 Å². The lowest BCUT2D eigenvalue weighted by molar-refractivity contribution is -0.120. The third-order valence-corrected chi connectivity index (χ3v) is 2.53. The maximum atomic E-state index is 11.1. The van der Waals surface area contributed by atoms with Crippen molar-refractivity contribution >= 4 is 18.5 Å². The molecule has 0 saturated heterocycles. The van der Waals surface area contributed by atoms with Crippen molar-refractivity contribution in [3.8, 4) is 0 Å². The number of nitrogens with one attached hydrogen (secondary N) is 1. The van der Waals surface area contributed by atoms with Crippen LogP contribution in [0.4, 0.5) is 0 Å². The van der Waals surface area contributed by atoms with Gasteiger partial charge in [-0.15, -0.1) is 0 Å². The van der Waals surface area contributed by atoms with Crippen molar-refractivity contribution in [1.29, 1.82) is 0 Å². The molecule has 1 aromatic rings. The van der Waals surface area contributed by atoms with Gasteiger partial charge in [0.15, 0.2) is 0 Å². The van der Waals surface area contributed by atoms with Crippen molar-refractivity contribution in [3.63, 3.8) is 0 Å². The first-order chi connectivity index (χ1) is 7.63. The summed E-state index contributed by atoms with van der Waals surface area (Å²) in [5.41, 5.74) is 2.20. The van der Waals surface area contributed by atoms with Crippen molar-refractivity contribution < 1.29 is 4.79 Å². The molecule has 0 aliphatic rings. The van der Waals surface area contributed by atoms with Crippen molar-refractivity contribution in [2.24, 2.45) is 0 Å². The van der Waals surface area contributed by atoms with Gasteiger partial charge in [-0.2, -0.15) is 17.7 Å². The van der Waals surface area contributed by atoms with Gasteiger partial charge in [-0.05, 0) is 32.1 Å². The Morgan fingerprint density at radius 1 is 1.56 bits per heavy atom. The van der Waals surface area contributed by atoms with Gasteiger partial charge in [-0.1, -0.05) is 0 Å². The molecule has 0 unspecified atom stereocenters. The summed E-state index contributed by atoms with van der Waals surface area (Å²) >= 11 is 4.00. The summed E-state index contributed by atoms with van der Waals surface area (Å²) in [5.74, 6) is 0.673. The number of aryl methyl sites for hydroxylation is 3. The van der Waals surface area contributed by atoms with E-state index in [4.69, 9.17) is 0 Å². The van der Waals surface area contributed by atoms with Crippen LogP contribution in [-0.2, 0) is 11.3 Å². The van der Waals surface area contributed by atoms with E-state index in [0.29, 0.717) is 18.7 Å². The molecule has 0 radical (unpaired) electrons. The highest BCUT2D eigenvalue weighted by atomic mass is 32.1. The molecule has 16 heavy (non-hydrogen) atoms. The molecule has 4 nitrogen and oxygen atoms in total. The van der Waals surface area contributed by atoms with Gasteiger partial charge in [0, 0.05) is 25.2 Å². The van der Waals surface area contributed by atoms with Crippen LogP contribution in [0.25, 0.3) is 0 Å². The Balaban J connectivity index is 2.21. The summed E-state index contributed by atoms with van der Waals surface area (Å²) in [7, 11) is 0. The topological polar surface area (TPSA) is 46.9 Å². The highest BCUT2D eigenvalue weighted by Gasteiger charge is 2.01. The first-order valence-electron chi connectivity index (χ1n) is 5.52. The summed E-state index contributed by atoms with van der Waals surface area (Å²) in [6.07, 6.45) is 1.39. The Morgan fingerprint density at radius 2 is 2.31 bits per heavy atom. The highest BCUT2D eigenvalue weighted by Crippen LogP contribution is 2.02. The van der Waals surface area contributed by atoms with E-state index in [9.17, 15) is 4.79 Å². The van der Waals surface area contributed by atoms with E-state index in [1.165, 1.54) is 5.69 Å². The number of hydrogen-bond acceptors (Lipinski definition) is 3. The summed E-state index contributed by atoms with van der Waals surface area (Å²) in [4.78, 5) is 11.1. The van der Waals surface area contributed by atoms with Crippen molar-refractivity contribution in [2.45, 2.75) is 33.2 Å². The lowest BCUT2D eigenvalue weighted by Crippen LogP contribution is -2.25. The first kappa shape index (κ1) is 13.1. The third-order valence-electron chi connectivity index (χ3n) is 2.31. The molecule has 1 rings (SSSR count). The van der Waals surface area contributed by atoms with Crippen molar-refractivity contribution in [3.05, 3.63) is 17.5 Å². The lowest BCUT2D eigenvalue weighted by atomic mass is 10.3. The Bertz CT molecular complexity index is 349. The van der Waals surface area contributed by atoms with Gasteiger partial charge < -0.3 is 5.32 Å². The maximum absolute atomic E-state index is 11.1. The number of carbonyl (C=O) groups is 1. The fourth-order valence-electron chi connectivity index (χ4n) is 1.55. The molecular formula is C11H19N3OS. The molecule has 1 amide bonds. The number of hydrogen-bond donors (Lipinski definition) is 2. The van der Waals surface area contributed by atoms with E-state index < -0.39 is 0 Å². The van der Waals surface area contributed by atoms with Gasteiger partial charge in [0.1, 0.15) is 0 Å². The van der Waals surface area contributed by atoms with Crippen LogP contribution in [0.5, 0.6) is 0 Å². The Morgan fingerprint density at radius 3 is 2.88 bits per heavy atom. The smallest absolute Gasteiger partial charge is 0.220 e. The molecule has 0 spiro atoms. The number of carbonyl (C=O) groups excluding carboxylic acids is 1. The Labute approximate surface area is 102 Å². The number of thiol groups is 1. The number of amides is 1. The molecule has 0 aromatic carbocycles. The van der Waals surface area contributed by atoms with Gasteiger partial charge in [0.2, 0.25) is 5.91 Å². The fraction of sp³-hybridized carbons (Fsp3) is 0.636. The molecule has 1 heterocycles. The molecule has 5 heteroatoms. The second kappa shape index (κ2) is 6.58. The Hall–Kier alpha value is -0.970. The zero-order valence-electron chi connectivity index (χ0n) is 9.86. The summed E-state index contributed by atoms with van der Waals surface area (Å²) in [6.45, 7) is 5.57. The SMILES string of the molecule is Cc1cc(C)n(CCCNC(=O)CCS)n1. The maximum Gasteiger partial charge on any atom is 0.220 e. The van der Waals surface area contributed by atoms with E-state index in [1.54, 1.807) is 0 Å². The van der Waals surface area contributed by atoms with E-state index in [1.807, 2.05) is 18.5 Å². The highest BCUT2D eigenvalue weighted by molar-refractivity contribution is 7.80. The average Bonchev–Trinajstić information content (AvgIpc) is 2.53. The molecule has 0 bridgehead atoms. The largest absolute Gasteiger partial charge is 0.356 e. The number of aromatic nitrogens is 2. The molecule has 0 saturated carbocycles. The van der Waals surface area contributed by atoms with E-state index >= 15 is 0 Å². The average molecular weight is 241 g/mol. The fourth-order valence-corrected chi connectivity index (χ4v) is 1.75. The van der Waals surface area contributed by atoms with E-state index in [-0.39, 0.29) is 5.91 Å². The van der Waals surface area contributed by atoms with Crippen LogP contribution in [0, 0.1) is 13.8 Å². The van der Waals surface area contributed by atoms with Crippen LogP contribution in [0.3, 0.4) is 0 Å². The normalized spacial score (nSPS) is 10.4. The van der Waals surface area contributed by atoms with Gasteiger partial charge >= 0.3 is 0 Å². The summed E-state index contributed by atoms with van der Waals surface area (Å²) < 4.78 is 1.97. The van der Waals surface area contributed by atoms with Gasteiger partial charge in [0.05, 0.1) is 5.69 Å². The number of rotatable bonds is 6. The van der Waals surface area contributed by atoms with Crippen LogP contribution >= 0.6 is 12.6 Å². The van der Waals surface area contributed by atoms with E-state index in [2.05, 4.69) is 29.1 Å². The second-order valence-corrected chi connectivity index (χ2v) is 4.27. The zero-order chi connectivity index (χ0) is 12.0. The molecule has 0 aliphatic heterocycles. The van der Waals surface area contributed by atoms with Crippen molar-refractivity contribution in [2.75, 3.05) is 12.3 Å².